The van der Waals surface area contributed by atoms with Crippen LogP contribution in [0.15, 0.2) is 24.3 Å². The van der Waals surface area contributed by atoms with Crippen molar-refractivity contribution in [2.75, 3.05) is 0 Å². The summed E-state index contributed by atoms with van der Waals surface area (Å²) >= 11 is 0. The van der Waals surface area contributed by atoms with Crippen LogP contribution in [0.4, 0.5) is 4.39 Å². The third kappa shape index (κ3) is 2.34. The third-order valence-corrected chi connectivity index (χ3v) is 3.15. The van der Waals surface area contributed by atoms with Gasteiger partial charge in [-0.2, -0.15) is 0 Å². The molecule has 0 aliphatic heterocycles. The average Bonchev–Trinajstić information content (AvgIpc) is 2.20. The third-order valence-electron chi connectivity index (χ3n) is 3.15. The lowest BCUT2D eigenvalue weighted by atomic mass is 9.84. The van der Waals surface area contributed by atoms with Gasteiger partial charge in [0.1, 0.15) is 5.82 Å². The van der Waals surface area contributed by atoms with Gasteiger partial charge in [-0.1, -0.05) is 51.8 Å². The fraction of sp³-hybridized carbons (Fsp3) is 0.538. The maximum absolute atomic E-state index is 13.5. The summed E-state index contributed by atoms with van der Waals surface area (Å²) < 4.78 is 13.5. The standard InChI is InChI=1S/C13H19F/c1-4-11(5-2)10(3)12-8-6-7-9-13(12)14/h6-11H,4-5H2,1-3H3/t10-/m1/s1. The summed E-state index contributed by atoms with van der Waals surface area (Å²) in [5.74, 6) is 0.852. The van der Waals surface area contributed by atoms with Crippen LogP contribution >= 0.6 is 0 Å². The highest BCUT2D eigenvalue weighted by Gasteiger charge is 2.17. The smallest absolute Gasteiger partial charge is 0.126 e. The van der Waals surface area contributed by atoms with Gasteiger partial charge in [-0.15, -0.1) is 0 Å². The summed E-state index contributed by atoms with van der Waals surface area (Å²) in [7, 11) is 0. The Labute approximate surface area is 86.2 Å². The first-order valence-corrected chi connectivity index (χ1v) is 5.45. The number of hydrogen-bond acceptors (Lipinski definition) is 0. The first kappa shape index (κ1) is 11.2. The zero-order valence-electron chi connectivity index (χ0n) is 9.26. The van der Waals surface area contributed by atoms with Gasteiger partial charge in [0.25, 0.3) is 0 Å². The van der Waals surface area contributed by atoms with E-state index < -0.39 is 0 Å². The molecule has 0 radical (unpaired) electrons. The Bertz CT molecular complexity index is 276. The Morgan fingerprint density at radius 2 is 1.71 bits per heavy atom. The first-order chi connectivity index (χ1) is 6.70. The molecule has 0 heterocycles. The van der Waals surface area contributed by atoms with Gasteiger partial charge in [0.15, 0.2) is 0 Å². The predicted octanol–water partition coefficient (Wildman–Crippen LogP) is 4.37. The van der Waals surface area contributed by atoms with Crippen molar-refractivity contribution in [1.82, 2.24) is 0 Å². The number of halogens is 1. The molecule has 1 heteroatoms. The molecule has 0 saturated carbocycles. The van der Waals surface area contributed by atoms with Crippen LogP contribution in [-0.2, 0) is 0 Å². The molecule has 1 atom stereocenters. The van der Waals surface area contributed by atoms with Gasteiger partial charge in [-0.25, -0.2) is 4.39 Å². The molecule has 0 fully saturated rings. The highest BCUT2D eigenvalue weighted by Crippen LogP contribution is 2.30. The molecule has 1 aromatic rings. The minimum Gasteiger partial charge on any atom is -0.207 e. The molecule has 0 aliphatic carbocycles. The molecule has 1 rings (SSSR count). The van der Waals surface area contributed by atoms with Crippen molar-refractivity contribution in [2.24, 2.45) is 5.92 Å². The van der Waals surface area contributed by atoms with Gasteiger partial charge < -0.3 is 0 Å². The van der Waals surface area contributed by atoms with Crippen molar-refractivity contribution >= 4 is 0 Å². The fourth-order valence-corrected chi connectivity index (χ4v) is 2.09. The fourth-order valence-electron chi connectivity index (χ4n) is 2.09. The van der Waals surface area contributed by atoms with E-state index in [1.165, 1.54) is 0 Å². The molecule has 0 spiro atoms. The zero-order chi connectivity index (χ0) is 10.6. The quantitative estimate of drug-likeness (QED) is 0.667. The second-order valence-electron chi connectivity index (χ2n) is 3.89. The van der Waals surface area contributed by atoms with E-state index in [9.17, 15) is 4.39 Å². The number of benzene rings is 1. The van der Waals surface area contributed by atoms with E-state index in [4.69, 9.17) is 0 Å². The minimum atomic E-state index is -0.0631. The molecule has 1 aromatic carbocycles. The Kier molecular flexibility index (Phi) is 4.12. The molecule has 0 saturated heterocycles. The van der Waals surface area contributed by atoms with E-state index in [2.05, 4.69) is 20.8 Å². The van der Waals surface area contributed by atoms with Crippen LogP contribution in [0.5, 0.6) is 0 Å². The summed E-state index contributed by atoms with van der Waals surface area (Å²) in [5.41, 5.74) is 0.862. The highest BCUT2D eigenvalue weighted by atomic mass is 19.1. The van der Waals surface area contributed by atoms with Crippen molar-refractivity contribution in [2.45, 2.75) is 39.5 Å². The molecule has 0 aliphatic rings. The lowest BCUT2D eigenvalue weighted by Gasteiger charge is -2.21. The normalized spacial score (nSPS) is 13.2. The summed E-state index contributed by atoms with van der Waals surface area (Å²) in [4.78, 5) is 0. The van der Waals surface area contributed by atoms with Gasteiger partial charge in [0, 0.05) is 0 Å². The Morgan fingerprint density at radius 1 is 1.14 bits per heavy atom. The van der Waals surface area contributed by atoms with Crippen LogP contribution in [-0.4, -0.2) is 0 Å². The van der Waals surface area contributed by atoms with Gasteiger partial charge in [-0.05, 0) is 23.5 Å². The number of hydrogen-bond donors (Lipinski definition) is 0. The van der Waals surface area contributed by atoms with Crippen LogP contribution in [0.2, 0.25) is 0 Å². The largest absolute Gasteiger partial charge is 0.207 e. The van der Waals surface area contributed by atoms with Crippen LogP contribution in [0.1, 0.15) is 45.1 Å². The SMILES string of the molecule is CCC(CC)[C@@H](C)c1ccccc1F. The molecule has 0 nitrogen and oxygen atoms in total. The molecular weight excluding hydrogens is 175 g/mol. The van der Waals surface area contributed by atoms with Gasteiger partial charge in [-0.3, -0.25) is 0 Å². The van der Waals surface area contributed by atoms with Crippen LogP contribution in [0.3, 0.4) is 0 Å². The average molecular weight is 194 g/mol. The lowest BCUT2D eigenvalue weighted by Crippen LogP contribution is -2.09. The second kappa shape index (κ2) is 5.14. The van der Waals surface area contributed by atoms with Crippen molar-refractivity contribution in [3.63, 3.8) is 0 Å². The zero-order valence-corrected chi connectivity index (χ0v) is 9.26. The highest BCUT2D eigenvalue weighted by molar-refractivity contribution is 5.21. The van der Waals surface area contributed by atoms with E-state index in [0.29, 0.717) is 11.8 Å². The van der Waals surface area contributed by atoms with E-state index in [-0.39, 0.29) is 5.82 Å². The minimum absolute atomic E-state index is 0.0631. The predicted molar refractivity (Wildman–Crippen MR) is 58.9 cm³/mol. The van der Waals surface area contributed by atoms with Gasteiger partial charge in [0.2, 0.25) is 0 Å². The summed E-state index contributed by atoms with van der Waals surface area (Å²) in [5, 5.41) is 0. The molecule has 78 valence electrons. The summed E-state index contributed by atoms with van der Waals surface area (Å²) in [6.45, 7) is 6.47. The van der Waals surface area contributed by atoms with Crippen LogP contribution in [0, 0.1) is 11.7 Å². The van der Waals surface area contributed by atoms with E-state index >= 15 is 0 Å². The Hall–Kier alpha value is -0.850. The molecule has 14 heavy (non-hydrogen) atoms. The van der Waals surface area contributed by atoms with Crippen molar-refractivity contribution < 1.29 is 4.39 Å². The summed E-state index contributed by atoms with van der Waals surface area (Å²) in [6.07, 6.45) is 2.23. The molecule has 0 aromatic heterocycles. The number of rotatable bonds is 4. The lowest BCUT2D eigenvalue weighted by molar-refractivity contribution is 0.407. The van der Waals surface area contributed by atoms with E-state index in [1.54, 1.807) is 12.1 Å². The Morgan fingerprint density at radius 3 is 2.21 bits per heavy atom. The van der Waals surface area contributed by atoms with E-state index in [0.717, 1.165) is 18.4 Å². The molecule has 0 amide bonds. The van der Waals surface area contributed by atoms with Gasteiger partial charge in [0.05, 0.1) is 0 Å². The molecular formula is C13H19F. The molecule has 0 bridgehead atoms. The molecule has 0 unspecified atom stereocenters. The van der Waals surface area contributed by atoms with Crippen LogP contribution < -0.4 is 0 Å². The monoisotopic (exact) mass is 194 g/mol. The van der Waals surface area contributed by atoms with E-state index in [1.807, 2.05) is 12.1 Å². The van der Waals surface area contributed by atoms with Crippen molar-refractivity contribution in [3.05, 3.63) is 35.6 Å². The van der Waals surface area contributed by atoms with Crippen molar-refractivity contribution in [3.8, 4) is 0 Å². The topological polar surface area (TPSA) is 0 Å². The van der Waals surface area contributed by atoms with Crippen LogP contribution in [0.25, 0.3) is 0 Å². The maximum atomic E-state index is 13.5. The maximum Gasteiger partial charge on any atom is 0.126 e. The molecule has 0 N–H and O–H groups in total. The van der Waals surface area contributed by atoms with Gasteiger partial charge >= 0.3 is 0 Å². The first-order valence-electron chi connectivity index (χ1n) is 5.45. The second-order valence-corrected chi connectivity index (χ2v) is 3.89. The summed E-state index contributed by atoms with van der Waals surface area (Å²) in [6, 6.07) is 7.11. The Balaban J connectivity index is 2.88. The van der Waals surface area contributed by atoms with Crippen molar-refractivity contribution in [1.29, 1.82) is 0 Å².